The van der Waals surface area contributed by atoms with Gasteiger partial charge in [0.05, 0.1) is 0 Å². The van der Waals surface area contributed by atoms with Crippen LogP contribution < -0.4 is 5.32 Å². The normalized spacial score (nSPS) is 13.9. The maximum Gasteiger partial charge on any atom is 0.0115 e. The molecule has 0 radical (unpaired) electrons. The van der Waals surface area contributed by atoms with E-state index in [2.05, 4.69) is 81.7 Å². The van der Waals surface area contributed by atoms with E-state index in [1.54, 1.807) is 0 Å². The van der Waals surface area contributed by atoms with Crippen molar-refractivity contribution in [2.24, 2.45) is 0 Å². The zero-order valence-electron chi connectivity index (χ0n) is 13.7. The van der Waals surface area contributed by atoms with Gasteiger partial charge in [0.2, 0.25) is 0 Å². The van der Waals surface area contributed by atoms with Crippen LogP contribution in [0.25, 0.3) is 0 Å². The standard InChI is InChI=1S/C20H27N/c1-5-20(15-21-4,19-9-7-6-8-10-19)14-18-12-16(2)11-17(3)13-18/h6-13,21H,5,14-15H2,1-4H3. The molecule has 112 valence electrons. The number of nitrogens with one attached hydrogen (secondary N) is 1. The maximum absolute atomic E-state index is 3.41. The van der Waals surface area contributed by atoms with Gasteiger partial charge in [-0.05, 0) is 44.9 Å². The molecule has 0 aromatic heterocycles. The third-order valence-corrected chi connectivity index (χ3v) is 4.40. The molecule has 0 spiro atoms. The van der Waals surface area contributed by atoms with Gasteiger partial charge in [0, 0.05) is 12.0 Å². The van der Waals surface area contributed by atoms with Crippen molar-refractivity contribution in [3.05, 3.63) is 70.8 Å². The fourth-order valence-electron chi connectivity index (χ4n) is 3.41. The van der Waals surface area contributed by atoms with Gasteiger partial charge < -0.3 is 5.32 Å². The van der Waals surface area contributed by atoms with Crippen LogP contribution in [0.1, 0.15) is 35.6 Å². The second kappa shape index (κ2) is 6.91. The minimum Gasteiger partial charge on any atom is -0.319 e. The van der Waals surface area contributed by atoms with E-state index in [-0.39, 0.29) is 5.41 Å². The van der Waals surface area contributed by atoms with Crippen molar-refractivity contribution in [3.8, 4) is 0 Å². The van der Waals surface area contributed by atoms with Gasteiger partial charge in [-0.25, -0.2) is 0 Å². The van der Waals surface area contributed by atoms with Gasteiger partial charge >= 0.3 is 0 Å². The molecule has 0 fully saturated rings. The SMILES string of the molecule is CCC(CNC)(Cc1cc(C)cc(C)c1)c1ccccc1. The Labute approximate surface area is 129 Å². The molecule has 0 bridgehead atoms. The Morgan fingerprint density at radius 1 is 0.952 bits per heavy atom. The highest BCUT2D eigenvalue weighted by Crippen LogP contribution is 2.32. The first-order valence-electron chi connectivity index (χ1n) is 7.87. The lowest BCUT2D eigenvalue weighted by molar-refractivity contribution is 0.391. The van der Waals surface area contributed by atoms with Crippen molar-refractivity contribution in [2.75, 3.05) is 13.6 Å². The summed E-state index contributed by atoms with van der Waals surface area (Å²) >= 11 is 0. The fraction of sp³-hybridized carbons (Fsp3) is 0.400. The Balaban J connectivity index is 2.40. The second-order valence-corrected chi connectivity index (χ2v) is 6.20. The molecule has 1 atom stereocenters. The maximum atomic E-state index is 3.41. The van der Waals surface area contributed by atoms with E-state index in [1.807, 2.05) is 0 Å². The van der Waals surface area contributed by atoms with Gasteiger partial charge in [-0.3, -0.25) is 0 Å². The minimum atomic E-state index is 0.163. The number of hydrogen-bond acceptors (Lipinski definition) is 1. The van der Waals surface area contributed by atoms with Crippen LogP contribution in [0.5, 0.6) is 0 Å². The molecule has 0 aliphatic carbocycles. The molecule has 0 aliphatic heterocycles. The predicted octanol–water partition coefficient (Wildman–Crippen LogP) is 4.41. The Morgan fingerprint density at radius 2 is 1.57 bits per heavy atom. The van der Waals surface area contributed by atoms with Crippen molar-refractivity contribution in [1.82, 2.24) is 5.32 Å². The first-order chi connectivity index (χ1) is 10.1. The van der Waals surface area contributed by atoms with Crippen molar-refractivity contribution >= 4 is 0 Å². The van der Waals surface area contributed by atoms with Crippen molar-refractivity contribution in [2.45, 2.75) is 39.0 Å². The summed E-state index contributed by atoms with van der Waals surface area (Å²) in [5.41, 5.74) is 5.74. The van der Waals surface area contributed by atoms with E-state index in [4.69, 9.17) is 0 Å². The van der Waals surface area contributed by atoms with E-state index in [0.717, 1.165) is 19.4 Å². The molecule has 2 rings (SSSR count). The van der Waals surface area contributed by atoms with Crippen LogP contribution in [0.3, 0.4) is 0 Å². The van der Waals surface area contributed by atoms with Gasteiger partial charge in [0.1, 0.15) is 0 Å². The monoisotopic (exact) mass is 281 g/mol. The molecule has 1 unspecified atom stereocenters. The van der Waals surface area contributed by atoms with E-state index < -0.39 is 0 Å². The Morgan fingerprint density at radius 3 is 2.10 bits per heavy atom. The molecular weight excluding hydrogens is 254 g/mol. The van der Waals surface area contributed by atoms with E-state index in [9.17, 15) is 0 Å². The molecule has 0 saturated heterocycles. The summed E-state index contributed by atoms with van der Waals surface area (Å²) < 4.78 is 0. The van der Waals surface area contributed by atoms with Crippen LogP contribution in [-0.2, 0) is 11.8 Å². The van der Waals surface area contributed by atoms with Crippen molar-refractivity contribution in [3.63, 3.8) is 0 Å². The topological polar surface area (TPSA) is 12.0 Å². The summed E-state index contributed by atoms with van der Waals surface area (Å²) in [5.74, 6) is 0. The first-order valence-corrected chi connectivity index (χ1v) is 7.87. The lowest BCUT2D eigenvalue weighted by Gasteiger charge is -2.34. The fourth-order valence-corrected chi connectivity index (χ4v) is 3.41. The van der Waals surface area contributed by atoms with Crippen LogP contribution in [-0.4, -0.2) is 13.6 Å². The first kappa shape index (κ1) is 15.8. The van der Waals surface area contributed by atoms with E-state index in [1.165, 1.54) is 22.3 Å². The van der Waals surface area contributed by atoms with Crippen LogP contribution in [0, 0.1) is 13.8 Å². The molecule has 0 heterocycles. The average Bonchev–Trinajstić information content (AvgIpc) is 2.46. The van der Waals surface area contributed by atoms with Crippen LogP contribution in [0.15, 0.2) is 48.5 Å². The lowest BCUT2D eigenvalue weighted by atomic mass is 9.73. The molecule has 1 heteroatoms. The van der Waals surface area contributed by atoms with Crippen LogP contribution >= 0.6 is 0 Å². The number of aryl methyl sites for hydroxylation is 2. The predicted molar refractivity (Wildman–Crippen MR) is 92.0 cm³/mol. The summed E-state index contributed by atoms with van der Waals surface area (Å²) in [7, 11) is 2.05. The van der Waals surface area contributed by atoms with Crippen LogP contribution in [0.4, 0.5) is 0 Å². The van der Waals surface area contributed by atoms with Gasteiger partial charge in [0.15, 0.2) is 0 Å². The van der Waals surface area contributed by atoms with Crippen LogP contribution in [0.2, 0.25) is 0 Å². The second-order valence-electron chi connectivity index (χ2n) is 6.20. The van der Waals surface area contributed by atoms with Crippen molar-refractivity contribution in [1.29, 1.82) is 0 Å². The molecule has 2 aromatic carbocycles. The Hall–Kier alpha value is -1.60. The molecule has 21 heavy (non-hydrogen) atoms. The number of likely N-dealkylation sites (N-methyl/N-ethyl adjacent to an activating group) is 1. The number of hydrogen-bond donors (Lipinski definition) is 1. The highest BCUT2D eigenvalue weighted by atomic mass is 14.8. The molecule has 2 aromatic rings. The van der Waals surface area contributed by atoms with Gasteiger partial charge in [-0.1, -0.05) is 66.6 Å². The van der Waals surface area contributed by atoms with Gasteiger partial charge in [0.25, 0.3) is 0 Å². The largest absolute Gasteiger partial charge is 0.319 e. The molecule has 1 nitrogen and oxygen atoms in total. The summed E-state index contributed by atoms with van der Waals surface area (Å²) in [4.78, 5) is 0. The highest BCUT2D eigenvalue weighted by Gasteiger charge is 2.29. The van der Waals surface area contributed by atoms with E-state index >= 15 is 0 Å². The summed E-state index contributed by atoms with van der Waals surface area (Å²) in [6.07, 6.45) is 2.21. The summed E-state index contributed by atoms with van der Waals surface area (Å²) in [5, 5.41) is 3.41. The molecule has 0 saturated carbocycles. The smallest absolute Gasteiger partial charge is 0.0115 e. The molecule has 1 N–H and O–H groups in total. The zero-order chi connectivity index (χ0) is 15.3. The van der Waals surface area contributed by atoms with Crippen molar-refractivity contribution < 1.29 is 0 Å². The quantitative estimate of drug-likeness (QED) is 0.827. The Kier molecular flexibility index (Phi) is 5.19. The average molecular weight is 281 g/mol. The zero-order valence-corrected chi connectivity index (χ0v) is 13.7. The van der Waals surface area contributed by atoms with E-state index in [0.29, 0.717) is 0 Å². The number of rotatable bonds is 6. The molecule has 0 amide bonds. The Bertz CT molecular complexity index is 553. The molecule has 0 aliphatic rings. The van der Waals surface area contributed by atoms with Gasteiger partial charge in [-0.15, -0.1) is 0 Å². The summed E-state index contributed by atoms with van der Waals surface area (Å²) in [6.45, 7) is 7.67. The highest BCUT2D eigenvalue weighted by molar-refractivity contribution is 5.34. The minimum absolute atomic E-state index is 0.163. The third-order valence-electron chi connectivity index (χ3n) is 4.40. The lowest BCUT2D eigenvalue weighted by Crippen LogP contribution is -2.38. The number of benzene rings is 2. The summed E-state index contributed by atoms with van der Waals surface area (Å²) in [6, 6.07) is 17.8. The van der Waals surface area contributed by atoms with Gasteiger partial charge in [-0.2, -0.15) is 0 Å². The third kappa shape index (κ3) is 3.74. The molecular formula is C20H27N.